The van der Waals surface area contributed by atoms with Gasteiger partial charge in [-0.3, -0.25) is 4.57 Å². The average molecular weight is 534 g/mol. The van der Waals surface area contributed by atoms with E-state index in [1.54, 1.807) is 44.9 Å². The van der Waals surface area contributed by atoms with E-state index in [1.807, 2.05) is 28.8 Å². The molecule has 2 heterocycles. The Morgan fingerprint density at radius 1 is 0.868 bits per heavy atom. The normalized spacial score (nSPS) is 11.3. The van der Waals surface area contributed by atoms with E-state index in [9.17, 15) is 20.4 Å². The molecule has 0 bridgehead atoms. The second-order valence-electron chi connectivity index (χ2n) is 8.58. The maximum Gasteiger partial charge on any atom is 0.144 e. The number of nitrogens with zero attached hydrogens (tertiary/aromatic N) is 3. The molecule has 5 aromatic rings. The number of aliphatic hydroxyl groups excluding tert-OH is 4. The minimum atomic E-state index is -0.240. The maximum atomic E-state index is 10.0. The van der Waals surface area contributed by atoms with Crippen LogP contribution >= 0.6 is 11.3 Å². The zero-order valence-corrected chi connectivity index (χ0v) is 21.7. The summed E-state index contributed by atoms with van der Waals surface area (Å²) in [6.07, 6.45) is 3.40. The molecule has 0 atom stereocenters. The van der Waals surface area contributed by atoms with Crippen molar-refractivity contribution in [2.45, 2.75) is 26.4 Å². The summed E-state index contributed by atoms with van der Waals surface area (Å²) in [5.41, 5.74) is 6.30. The van der Waals surface area contributed by atoms with E-state index in [4.69, 9.17) is 14.5 Å². The highest BCUT2D eigenvalue weighted by Crippen LogP contribution is 2.40. The van der Waals surface area contributed by atoms with E-state index in [0.717, 1.165) is 26.7 Å². The van der Waals surface area contributed by atoms with Crippen LogP contribution in [0.5, 0.6) is 11.5 Å². The van der Waals surface area contributed by atoms with Crippen molar-refractivity contribution in [1.29, 1.82) is 0 Å². The maximum absolute atomic E-state index is 10.0. The molecule has 0 saturated heterocycles. The summed E-state index contributed by atoms with van der Waals surface area (Å²) in [6, 6.07) is 13.1. The lowest BCUT2D eigenvalue weighted by atomic mass is 10.0. The smallest absolute Gasteiger partial charge is 0.144 e. The standard InChI is InChI=1S/C28H27N3O6S/c1-36-24-8-16(11-32)7-19(13-34)25(24)23-10-29-15-31(23)20-5-3-17(4-6-20)28-30-22-9-18(12-33)21(14-35)26(37-2)27(22)38-28/h3-10,15,32-35H,11-14H2,1-2H3. The summed E-state index contributed by atoms with van der Waals surface area (Å²) < 4.78 is 13.9. The van der Waals surface area contributed by atoms with Gasteiger partial charge in [-0.1, -0.05) is 6.07 Å². The highest BCUT2D eigenvalue weighted by Gasteiger charge is 2.20. The van der Waals surface area contributed by atoms with Crippen LogP contribution in [0.25, 0.3) is 37.7 Å². The minimum absolute atomic E-state index is 0.162. The van der Waals surface area contributed by atoms with Crippen LogP contribution < -0.4 is 9.47 Å². The van der Waals surface area contributed by atoms with Gasteiger partial charge in [0.2, 0.25) is 0 Å². The molecule has 0 radical (unpaired) electrons. The molecule has 0 amide bonds. The second kappa shape index (κ2) is 10.9. The van der Waals surface area contributed by atoms with Gasteiger partial charge in [-0.05, 0) is 53.1 Å². The quantitative estimate of drug-likeness (QED) is 0.225. The summed E-state index contributed by atoms with van der Waals surface area (Å²) in [5.74, 6) is 1.06. The number of methoxy groups -OCH3 is 2. The first-order chi connectivity index (χ1) is 18.6. The van der Waals surface area contributed by atoms with Gasteiger partial charge in [0.25, 0.3) is 0 Å². The molecular formula is C28H27N3O6S. The molecule has 196 valence electrons. The Hall–Kier alpha value is -3.80. The molecule has 0 spiro atoms. The molecule has 0 saturated carbocycles. The van der Waals surface area contributed by atoms with E-state index in [-0.39, 0.29) is 26.4 Å². The topological polar surface area (TPSA) is 130 Å². The number of imidazole rings is 1. The number of benzene rings is 3. The molecule has 10 heteroatoms. The molecule has 0 unspecified atom stereocenters. The zero-order chi connectivity index (χ0) is 26.8. The fourth-order valence-corrected chi connectivity index (χ4v) is 5.74. The van der Waals surface area contributed by atoms with E-state index in [0.29, 0.717) is 44.8 Å². The minimum Gasteiger partial charge on any atom is -0.496 e. The lowest BCUT2D eigenvalue weighted by Gasteiger charge is -2.16. The lowest BCUT2D eigenvalue weighted by Crippen LogP contribution is -2.02. The number of hydrogen-bond donors (Lipinski definition) is 4. The van der Waals surface area contributed by atoms with Gasteiger partial charge in [-0.25, -0.2) is 9.97 Å². The number of aliphatic hydroxyl groups is 4. The zero-order valence-electron chi connectivity index (χ0n) is 20.9. The van der Waals surface area contributed by atoms with Crippen molar-refractivity contribution in [3.05, 3.63) is 77.2 Å². The number of thiazole rings is 1. The highest BCUT2D eigenvalue weighted by atomic mass is 32.1. The molecule has 4 N–H and O–H groups in total. The fraction of sp³-hybridized carbons (Fsp3) is 0.214. The monoisotopic (exact) mass is 533 g/mol. The number of aromatic nitrogens is 3. The van der Waals surface area contributed by atoms with Gasteiger partial charge in [0.1, 0.15) is 16.5 Å². The molecule has 0 aliphatic rings. The average Bonchev–Trinajstić information content (AvgIpc) is 3.62. The van der Waals surface area contributed by atoms with Crippen molar-refractivity contribution in [1.82, 2.24) is 14.5 Å². The fourth-order valence-electron chi connectivity index (χ4n) is 4.64. The molecule has 38 heavy (non-hydrogen) atoms. The van der Waals surface area contributed by atoms with E-state index in [2.05, 4.69) is 4.98 Å². The van der Waals surface area contributed by atoms with E-state index in [1.165, 1.54) is 11.3 Å². The van der Waals surface area contributed by atoms with Crippen molar-refractivity contribution in [2.24, 2.45) is 0 Å². The predicted octanol–water partition coefficient (Wildman–Crippen LogP) is 3.80. The first kappa shape index (κ1) is 25.8. The van der Waals surface area contributed by atoms with Crippen molar-refractivity contribution in [2.75, 3.05) is 14.2 Å². The summed E-state index contributed by atoms with van der Waals surface area (Å²) in [7, 11) is 3.09. The predicted molar refractivity (Wildman–Crippen MR) is 144 cm³/mol. The third-order valence-corrected chi connectivity index (χ3v) is 7.59. The summed E-state index contributed by atoms with van der Waals surface area (Å²) in [4.78, 5) is 9.10. The molecular weight excluding hydrogens is 506 g/mol. The number of hydrogen-bond acceptors (Lipinski definition) is 9. The Morgan fingerprint density at radius 3 is 2.26 bits per heavy atom. The van der Waals surface area contributed by atoms with E-state index < -0.39 is 0 Å². The van der Waals surface area contributed by atoms with E-state index >= 15 is 0 Å². The van der Waals surface area contributed by atoms with Gasteiger partial charge in [0.15, 0.2) is 0 Å². The van der Waals surface area contributed by atoms with Crippen LogP contribution in [-0.2, 0) is 26.4 Å². The summed E-state index contributed by atoms with van der Waals surface area (Å²) in [5, 5.41) is 40.0. The Balaban J connectivity index is 1.55. The van der Waals surface area contributed by atoms with Gasteiger partial charge >= 0.3 is 0 Å². The SMILES string of the molecule is COc1cc(CO)cc(CO)c1-c1cncn1-c1ccc(-c2nc3cc(CO)c(CO)c(OC)c3s2)cc1. The molecule has 5 rings (SSSR count). The summed E-state index contributed by atoms with van der Waals surface area (Å²) in [6.45, 7) is -0.844. The number of rotatable bonds is 9. The van der Waals surface area contributed by atoms with Crippen LogP contribution in [0.2, 0.25) is 0 Å². The van der Waals surface area contributed by atoms with Crippen LogP contribution in [0.15, 0.2) is 55.0 Å². The van der Waals surface area contributed by atoms with Gasteiger partial charge < -0.3 is 29.9 Å². The number of ether oxygens (including phenoxy) is 2. The van der Waals surface area contributed by atoms with Gasteiger partial charge in [-0.15, -0.1) is 11.3 Å². The number of fused-ring (bicyclic) bond motifs is 1. The Morgan fingerprint density at radius 2 is 1.63 bits per heavy atom. The van der Waals surface area contributed by atoms with Crippen molar-refractivity contribution >= 4 is 21.6 Å². The van der Waals surface area contributed by atoms with Crippen molar-refractivity contribution < 1.29 is 29.9 Å². The van der Waals surface area contributed by atoms with Gasteiger partial charge in [-0.2, -0.15) is 0 Å². The Labute approximate surface area is 222 Å². The molecule has 0 aliphatic carbocycles. The van der Waals surface area contributed by atoms with Crippen LogP contribution in [0.1, 0.15) is 22.3 Å². The Bertz CT molecular complexity index is 1570. The third-order valence-electron chi connectivity index (χ3n) is 6.47. The van der Waals surface area contributed by atoms with Crippen molar-refractivity contribution in [3.8, 4) is 39.0 Å². The van der Waals surface area contributed by atoms with Crippen LogP contribution in [-0.4, -0.2) is 49.2 Å². The largest absolute Gasteiger partial charge is 0.496 e. The van der Waals surface area contributed by atoms with Gasteiger partial charge in [0.05, 0.1) is 69.1 Å². The van der Waals surface area contributed by atoms with Crippen LogP contribution in [0.4, 0.5) is 0 Å². The summed E-state index contributed by atoms with van der Waals surface area (Å²) >= 11 is 1.45. The van der Waals surface area contributed by atoms with Crippen molar-refractivity contribution in [3.63, 3.8) is 0 Å². The second-order valence-corrected chi connectivity index (χ2v) is 9.57. The first-order valence-corrected chi connectivity index (χ1v) is 12.6. The van der Waals surface area contributed by atoms with Gasteiger partial charge in [0, 0.05) is 22.4 Å². The third kappa shape index (κ3) is 4.42. The first-order valence-electron chi connectivity index (χ1n) is 11.8. The molecule has 2 aromatic heterocycles. The van der Waals surface area contributed by atoms with Crippen LogP contribution in [0, 0.1) is 0 Å². The molecule has 0 fully saturated rings. The molecule has 0 aliphatic heterocycles. The molecule has 9 nitrogen and oxygen atoms in total. The molecule has 3 aromatic carbocycles. The Kier molecular flexibility index (Phi) is 7.41. The lowest BCUT2D eigenvalue weighted by molar-refractivity contribution is 0.254. The highest BCUT2D eigenvalue weighted by molar-refractivity contribution is 7.22. The van der Waals surface area contributed by atoms with Crippen LogP contribution in [0.3, 0.4) is 0 Å².